The summed E-state index contributed by atoms with van der Waals surface area (Å²) in [6.07, 6.45) is -2.06. The van der Waals surface area contributed by atoms with Crippen LogP contribution in [0.25, 0.3) is 5.82 Å². The van der Waals surface area contributed by atoms with Crippen LogP contribution in [0.1, 0.15) is 21.6 Å². The van der Waals surface area contributed by atoms with Crippen LogP contribution in [0.4, 0.5) is 33.5 Å². The Labute approximate surface area is 224 Å². The van der Waals surface area contributed by atoms with E-state index in [9.17, 15) is 26.7 Å². The number of anilines is 2. The number of hydrogen-bond acceptors (Lipinski definition) is 7. The van der Waals surface area contributed by atoms with E-state index in [2.05, 4.69) is 32.2 Å². The first-order chi connectivity index (χ1) is 19.0. The average molecular weight is 557 g/mol. The van der Waals surface area contributed by atoms with Gasteiger partial charge in [0.15, 0.2) is 28.9 Å². The molecule has 0 radical (unpaired) electrons. The fourth-order valence-corrected chi connectivity index (χ4v) is 3.42. The molecule has 0 spiro atoms. The molecule has 3 heterocycles. The Hall–Kier alpha value is -5.03. The maximum absolute atomic E-state index is 14.9. The first-order valence-electron chi connectivity index (χ1n) is 11.4. The number of nitrogens with one attached hydrogen (secondary N) is 1. The molecule has 3 N–H and O–H groups in total. The number of amides is 1. The van der Waals surface area contributed by atoms with E-state index in [1.165, 1.54) is 24.4 Å². The molecular weight excluding hydrogens is 537 g/mol. The molecule has 9 nitrogen and oxygen atoms in total. The van der Waals surface area contributed by atoms with Crippen LogP contribution in [0, 0.1) is 23.5 Å². The zero-order chi connectivity index (χ0) is 29.0. The number of nitrogens with two attached hydrogens (primary N) is 1. The third-order valence-electron chi connectivity index (χ3n) is 5.18. The van der Waals surface area contributed by atoms with Crippen molar-refractivity contribution in [2.75, 3.05) is 31.7 Å². The molecule has 0 aliphatic rings. The van der Waals surface area contributed by atoms with Crippen LogP contribution in [0.5, 0.6) is 11.5 Å². The van der Waals surface area contributed by atoms with E-state index in [-0.39, 0.29) is 33.2 Å². The number of ether oxygens (including phenoxy) is 1. The molecule has 40 heavy (non-hydrogen) atoms. The first-order valence-corrected chi connectivity index (χ1v) is 11.4. The molecule has 0 aliphatic carbocycles. The summed E-state index contributed by atoms with van der Waals surface area (Å²) in [5.74, 6) is 1.61. The van der Waals surface area contributed by atoms with Gasteiger partial charge < -0.3 is 15.8 Å². The number of alkyl halides is 3. The van der Waals surface area contributed by atoms with Crippen molar-refractivity contribution in [3.05, 3.63) is 83.4 Å². The highest BCUT2D eigenvalue weighted by atomic mass is 19.4. The summed E-state index contributed by atoms with van der Waals surface area (Å²) in [6.45, 7) is 0.419. The van der Waals surface area contributed by atoms with Gasteiger partial charge >= 0.3 is 6.18 Å². The van der Waals surface area contributed by atoms with Crippen LogP contribution in [0.2, 0.25) is 0 Å². The van der Waals surface area contributed by atoms with E-state index in [1.54, 1.807) is 0 Å². The van der Waals surface area contributed by atoms with Crippen molar-refractivity contribution in [2.45, 2.75) is 6.18 Å². The highest BCUT2D eigenvalue weighted by Crippen LogP contribution is 2.35. The molecule has 0 atom stereocenters. The monoisotopic (exact) mass is 557 g/mol. The van der Waals surface area contributed by atoms with Crippen molar-refractivity contribution in [3.8, 4) is 29.2 Å². The van der Waals surface area contributed by atoms with Crippen LogP contribution in [0.3, 0.4) is 0 Å². The number of halogens is 5. The highest BCUT2D eigenvalue weighted by molar-refractivity contribution is 6.05. The number of benzene rings is 1. The van der Waals surface area contributed by atoms with Crippen LogP contribution in [-0.2, 0) is 6.18 Å². The minimum Gasteiger partial charge on any atom is -0.453 e. The quantitative estimate of drug-likeness (QED) is 0.265. The second-order valence-corrected chi connectivity index (χ2v) is 8.44. The van der Waals surface area contributed by atoms with Crippen LogP contribution >= 0.6 is 0 Å². The lowest BCUT2D eigenvalue weighted by molar-refractivity contribution is -0.143. The number of nitrogens with zero attached hydrogens (tertiary/aromatic N) is 5. The summed E-state index contributed by atoms with van der Waals surface area (Å²) in [6, 6.07) is 6.76. The Morgan fingerprint density at radius 1 is 1.10 bits per heavy atom. The summed E-state index contributed by atoms with van der Waals surface area (Å²) < 4.78 is 76.4. The summed E-state index contributed by atoms with van der Waals surface area (Å²) in [5.41, 5.74) is 3.47. The Bertz CT molecular complexity index is 1620. The highest BCUT2D eigenvalue weighted by Gasteiger charge is 2.41. The normalized spacial score (nSPS) is 11.2. The summed E-state index contributed by atoms with van der Waals surface area (Å²) in [5, 5.41) is 5.69. The Kier molecular flexibility index (Phi) is 7.96. The van der Waals surface area contributed by atoms with E-state index in [4.69, 9.17) is 10.5 Å². The zero-order valence-electron chi connectivity index (χ0n) is 20.9. The van der Waals surface area contributed by atoms with Crippen molar-refractivity contribution in [2.24, 2.45) is 0 Å². The van der Waals surface area contributed by atoms with E-state index >= 15 is 0 Å². The lowest BCUT2D eigenvalue weighted by atomic mass is 10.2. The SMILES string of the molecule is CN(C)CC#Cc1c(Oc2ccc(NC(=O)c3cnn(-c4ncccc4F)c3C(F)(F)F)cc2F)ccnc1N. The van der Waals surface area contributed by atoms with Gasteiger partial charge in [-0.1, -0.05) is 11.8 Å². The predicted molar refractivity (Wildman–Crippen MR) is 135 cm³/mol. The molecule has 0 bridgehead atoms. The first kappa shape index (κ1) is 28.0. The van der Waals surface area contributed by atoms with Crippen molar-refractivity contribution in [3.63, 3.8) is 0 Å². The van der Waals surface area contributed by atoms with Gasteiger partial charge in [-0.05, 0) is 38.4 Å². The topological polar surface area (TPSA) is 111 Å². The van der Waals surface area contributed by atoms with Gasteiger partial charge in [-0.3, -0.25) is 9.69 Å². The fraction of sp³-hybridized carbons (Fsp3) is 0.154. The third-order valence-corrected chi connectivity index (χ3v) is 5.18. The third kappa shape index (κ3) is 6.16. The van der Waals surface area contributed by atoms with Gasteiger partial charge in [-0.25, -0.2) is 23.4 Å². The second-order valence-electron chi connectivity index (χ2n) is 8.44. The molecular formula is C26H20F5N7O2. The van der Waals surface area contributed by atoms with Gasteiger partial charge in [0.25, 0.3) is 5.91 Å². The van der Waals surface area contributed by atoms with Crippen molar-refractivity contribution in [1.29, 1.82) is 0 Å². The van der Waals surface area contributed by atoms with Crippen molar-refractivity contribution < 1.29 is 31.5 Å². The van der Waals surface area contributed by atoms with Gasteiger partial charge in [0, 0.05) is 30.2 Å². The Morgan fingerprint density at radius 3 is 2.55 bits per heavy atom. The number of carbonyl (C=O) groups excluding carboxylic acids is 1. The molecule has 0 aliphatic heterocycles. The molecule has 206 valence electrons. The second kappa shape index (κ2) is 11.4. The Balaban J connectivity index is 1.59. The Morgan fingerprint density at radius 2 is 1.88 bits per heavy atom. The molecule has 1 amide bonds. The molecule has 3 aromatic heterocycles. The van der Waals surface area contributed by atoms with E-state index in [1.807, 2.05) is 19.0 Å². The lowest BCUT2D eigenvalue weighted by Gasteiger charge is -2.13. The van der Waals surface area contributed by atoms with Crippen molar-refractivity contribution in [1.82, 2.24) is 24.6 Å². The number of aromatic nitrogens is 4. The minimum absolute atomic E-state index is 0.0691. The molecule has 0 unspecified atom stereocenters. The molecule has 0 fully saturated rings. The summed E-state index contributed by atoms with van der Waals surface area (Å²) in [7, 11) is 3.65. The smallest absolute Gasteiger partial charge is 0.434 e. The standard InChI is InChI=1S/C26H20F5N7O2/c1-37(2)12-4-5-16-20(9-11-33-23(16)32)40-21-8-7-15(13-19(21)28)36-25(39)17-14-35-38(22(17)26(29,30)31)24-18(27)6-3-10-34-24/h3,6-11,13-14H,12H2,1-2H3,(H2,32,33)(H,36,39). The molecule has 14 heteroatoms. The van der Waals surface area contributed by atoms with Crippen LogP contribution in [-0.4, -0.2) is 51.2 Å². The van der Waals surface area contributed by atoms with Crippen molar-refractivity contribution >= 4 is 17.4 Å². The largest absolute Gasteiger partial charge is 0.453 e. The van der Waals surface area contributed by atoms with Gasteiger partial charge in [-0.15, -0.1) is 0 Å². The van der Waals surface area contributed by atoms with Gasteiger partial charge in [-0.2, -0.15) is 18.3 Å². The molecule has 4 rings (SSSR count). The van der Waals surface area contributed by atoms with E-state index < -0.39 is 40.8 Å². The number of rotatable bonds is 6. The maximum atomic E-state index is 14.9. The van der Waals surface area contributed by atoms with Crippen LogP contribution < -0.4 is 15.8 Å². The van der Waals surface area contributed by atoms with E-state index in [0.29, 0.717) is 12.7 Å². The predicted octanol–water partition coefficient (Wildman–Crippen LogP) is 4.50. The summed E-state index contributed by atoms with van der Waals surface area (Å²) >= 11 is 0. The number of nitrogen functional groups attached to an aromatic ring is 1. The summed E-state index contributed by atoms with van der Waals surface area (Å²) in [4.78, 5) is 22.1. The number of carbonyl (C=O) groups is 1. The maximum Gasteiger partial charge on any atom is 0.434 e. The average Bonchev–Trinajstić information content (AvgIpc) is 3.33. The molecule has 1 aromatic carbocycles. The minimum atomic E-state index is -5.10. The fourth-order valence-electron chi connectivity index (χ4n) is 3.42. The van der Waals surface area contributed by atoms with Crippen LogP contribution in [0.15, 0.2) is 55.0 Å². The zero-order valence-corrected chi connectivity index (χ0v) is 20.9. The molecule has 4 aromatic rings. The van der Waals surface area contributed by atoms with Gasteiger partial charge in [0.05, 0.1) is 18.3 Å². The lowest BCUT2D eigenvalue weighted by Crippen LogP contribution is -2.21. The number of pyridine rings is 2. The van der Waals surface area contributed by atoms with E-state index in [0.717, 1.165) is 24.4 Å². The molecule has 0 saturated heterocycles. The number of hydrogen-bond donors (Lipinski definition) is 2. The van der Waals surface area contributed by atoms with Gasteiger partial charge in [0.2, 0.25) is 0 Å². The molecule has 0 saturated carbocycles. The van der Waals surface area contributed by atoms with Gasteiger partial charge in [0.1, 0.15) is 17.1 Å².